The molecule has 2 aliphatic heterocycles. The van der Waals surface area contributed by atoms with Crippen molar-refractivity contribution in [3.05, 3.63) is 17.2 Å². The first-order valence-electron chi connectivity index (χ1n) is 7.30. The third-order valence-corrected chi connectivity index (χ3v) is 4.24. The second kappa shape index (κ2) is 5.33. The number of carbonyl (C=O) groups is 1. The van der Waals surface area contributed by atoms with Crippen molar-refractivity contribution in [2.75, 3.05) is 6.54 Å². The second-order valence-electron chi connectivity index (χ2n) is 5.59. The number of nitrogens with zero attached hydrogens (tertiary/aromatic N) is 2. The second-order valence-corrected chi connectivity index (χ2v) is 5.59. The number of carboxylic acids is 1. The number of aromatic nitrogens is 2. The van der Waals surface area contributed by atoms with E-state index in [1.54, 1.807) is 0 Å². The number of imidazole rings is 1. The molecule has 1 fully saturated rings. The van der Waals surface area contributed by atoms with Gasteiger partial charge in [-0.3, -0.25) is 0 Å². The molecule has 0 radical (unpaired) electrons. The van der Waals surface area contributed by atoms with Crippen LogP contribution in [-0.2, 0) is 19.4 Å². The lowest BCUT2D eigenvalue weighted by atomic mass is 10.0. The molecular weight excluding hydrogens is 242 g/mol. The Labute approximate surface area is 113 Å². The van der Waals surface area contributed by atoms with Gasteiger partial charge in [0.1, 0.15) is 5.82 Å². The van der Waals surface area contributed by atoms with Crippen molar-refractivity contribution < 1.29 is 9.90 Å². The molecule has 1 atom stereocenters. The first kappa shape index (κ1) is 12.7. The van der Waals surface area contributed by atoms with E-state index < -0.39 is 5.97 Å². The van der Waals surface area contributed by atoms with Crippen molar-refractivity contribution in [1.29, 1.82) is 0 Å². The largest absolute Gasteiger partial charge is 0.476 e. The minimum atomic E-state index is -0.881. The number of piperidine rings is 1. The average Bonchev–Trinajstić information content (AvgIpc) is 2.79. The van der Waals surface area contributed by atoms with Gasteiger partial charge in [-0.2, -0.15) is 0 Å². The molecule has 0 saturated carbocycles. The molecule has 1 saturated heterocycles. The van der Waals surface area contributed by atoms with Crippen molar-refractivity contribution in [1.82, 2.24) is 14.9 Å². The SMILES string of the molecule is O=C(O)c1nc(CC2CCCCN2)n2c1CCCC2. The Hall–Kier alpha value is -1.36. The van der Waals surface area contributed by atoms with Gasteiger partial charge in [-0.1, -0.05) is 6.42 Å². The van der Waals surface area contributed by atoms with E-state index in [0.29, 0.717) is 6.04 Å². The summed E-state index contributed by atoms with van der Waals surface area (Å²) in [6.45, 7) is 2.00. The molecule has 104 valence electrons. The molecular formula is C14H21N3O2. The number of rotatable bonds is 3. The van der Waals surface area contributed by atoms with Gasteiger partial charge in [-0.25, -0.2) is 9.78 Å². The summed E-state index contributed by atoms with van der Waals surface area (Å²) in [5, 5.41) is 12.8. The van der Waals surface area contributed by atoms with Crippen LogP contribution in [0.25, 0.3) is 0 Å². The quantitative estimate of drug-likeness (QED) is 0.869. The Morgan fingerprint density at radius 1 is 1.37 bits per heavy atom. The van der Waals surface area contributed by atoms with Gasteiger partial charge in [0, 0.05) is 19.0 Å². The average molecular weight is 263 g/mol. The minimum absolute atomic E-state index is 0.283. The molecule has 2 aliphatic rings. The van der Waals surface area contributed by atoms with Crippen LogP contribution in [-0.4, -0.2) is 33.2 Å². The first-order valence-corrected chi connectivity index (χ1v) is 7.30. The normalized spacial score (nSPS) is 23.1. The third-order valence-electron chi connectivity index (χ3n) is 4.24. The van der Waals surface area contributed by atoms with Crippen LogP contribution in [0.3, 0.4) is 0 Å². The molecule has 1 aromatic heterocycles. The summed E-state index contributed by atoms with van der Waals surface area (Å²) in [4.78, 5) is 15.7. The number of hydrogen-bond donors (Lipinski definition) is 2. The lowest BCUT2D eigenvalue weighted by Crippen LogP contribution is -2.36. The molecule has 3 rings (SSSR count). The van der Waals surface area contributed by atoms with Crippen LogP contribution in [0.5, 0.6) is 0 Å². The molecule has 0 aromatic carbocycles. The van der Waals surface area contributed by atoms with Crippen LogP contribution in [0.4, 0.5) is 0 Å². The van der Waals surface area contributed by atoms with Crippen molar-refractivity contribution in [3.63, 3.8) is 0 Å². The Kier molecular flexibility index (Phi) is 3.55. The molecule has 0 bridgehead atoms. The first-order chi connectivity index (χ1) is 9.25. The van der Waals surface area contributed by atoms with Crippen LogP contribution < -0.4 is 5.32 Å². The van der Waals surface area contributed by atoms with E-state index in [0.717, 1.165) is 50.3 Å². The summed E-state index contributed by atoms with van der Waals surface area (Å²) in [7, 11) is 0. The minimum Gasteiger partial charge on any atom is -0.476 e. The molecule has 1 unspecified atom stereocenters. The van der Waals surface area contributed by atoms with Crippen LogP contribution in [0.15, 0.2) is 0 Å². The summed E-state index contributed by atoms with van der Waals surface area (Å²) in [5.41, 5.74) is 1.22. The van der Waals surface area contributed by atoms with Crippen molar-refractivity contribution in [2.45, 2.75) is 57.5 Å². The maximum Gasteiger partial charge on any atom is 0.356 e. The highest BCUT2D eigenvalue weighted by Crippen LogP contribution is 2.23. The molecule has 5 heteroatoms. The number of aromatic carboxylic acids is 1. The highest BCUT2D eigenvalue weighted by molar-refractivity contribution is 5.86. The third kappa shape index (κ3) is 2.52. The van der Waals surface area contributed by atoms with E-state index >= 15 is 0 Å². The van der Waals surface area contributed by atoms with E-state index in [9.17, 15) is 9.90 Å². The van der Waals surface area contributed by atoms with Crippen molar-refractivity contribution in [3.8, 4) is 0 Å². The summed E-state index contributed by atoms with van der Waals surface area (Å²) in [5.74, 6) is 0.0833. The lowest BCUT2D eigenvalue weighted by Gasteiger charge is -2.24. The Morgan fingerprint density at radius 2 is 2.26 bits per heavy atom. The standard InChI is InChI=1S/C14H21N3O2/c18-14(19)13-11-6-2-4-8-17(11)12(16-13)9-10-5-1-3-7-15-10/h10,15H,1-9H2,(H,18,19). The number of carboxylic acid groups (broad SMARTS) is 1. The van der Waals surface area contributed by atoms with Gasteiger partial charge in [-0.15, -0.1) is 0 Å². The molecule has 5 nitrogen and oxygen atoms in total. The molecule has 0 amide bonds. The molecule has 1 aromatic rings. The Bertz CT molecular complexity index is 475. The van der Waals surface area contributed by atoms with Gasteiger partial charge >= 0.3 is 5.97 Å². The summed E-state index contributed by atoms with van der Waals surface area (Å²) in [6.07, 6.45) is 7.60. The molecule has 3 heterocycles. The number of fused-ring (bicyclic) bond motifs is 1. The van der Waals surface area contributed by atoms with E-state index in [4.69, 9.17) is 0 Å². The zero-order valence-electron chi connectivity index (χ0n) is 11.2. The lowest BCUT2D eigenvalue weighted by molar-refractivity contribution is 0.0689. The maximum absolute atomic E-state index is 11.3. The Balaban J connectivity index is 1.85. The number of nitrogens with one attached hydrogen (secondary N) is 1. The van der Waals surface area contributed by atoms with Crippen molar-refractivity contribution in [2.24, 2.45) is 0 Å². The van der Waals surface area contributed by atoms with Crippen LogP contribution >= 0.6 is 0 Å². The van der Waals surface area contributed by atoms with Crippen LogP contribution in [0, 0.1) is 0 Å². The highest BCUT2D eigenvalue weighted by atomic mass is 16.4. The number of hydrogen-bond acceptors (Lipinski definition) is 3. The highest BCUT2D eigenvalue weighted by Gasteiger charge is 2.25. The van der Waals surface area contributed by atoms with Gasteiger partial charge in [0.15, 0.2) is 5.69 Å². The molecule has 2 N–H and O–H groups in total. The van der Waals surface area contributed by atoms with Gasteiger partial charge in [0.25, 0.3) is 0 Å². The predicted octanol–water partition coefficient (Wildman–Crippen LogP) is 1.60. The van der Waals surface area contributed by atoms with Gasteiger partial charge in [0.2, 0.25) is 0 Å². The summed E-state index contributed by atoms with van der Waals surface area (Å²) in [6, 6.07) is 0.462. The Morgan fingerprint density at radius 3 is 3.00 bits per heavy atom. The summed E-state index contributed by atoms with van der Waals surface area (Å²) < 4.78 is 2.16. The predicted molar refractivity (Wildman–Crippen MR) is 71.5 cm³/mol. The van der Waals surface area contributed by atoms with Crippen LogP contribution in [0.2, 0.25) is 0 Å². The topological polar surface area (TPSA) is 67.2 Å². The van der Waals surface area contributed by atoms with E-state index in [1.807, 2.05) is 0 Å². The molecule has 0 spiro atoms. The summed E-state index contributed by atoms with van der Waals surface area (Å²) >= 11 is 0. The fraction of sp³-hybridized carbons (Fsp3) is 0.714. The molecule has 0 aliphatic carbocycles. The fourth-order valence-corrected chi connectivity index (χ4v) is 3.26. The monoisotopic (exact) mass is 263 g/mol. The van der Waals surface area contributed by atoms with E-state index in [-0.39, 0.29) is 5.69 Å². The smallest absolute Gasteiger partial charge is 0.356 e. The fourth-order valence-electron chi connectivity index (χ4n) is 3.26. The maximum atomic E-state index is 11.3. The van der Waals surface area contributed by atoms with E-state index in [2.05, 4.69) is 14.9 Å². The van der Waals surface area contributed by atoms with Gasteiger partial charge < -0.3 is 15.0 Å². The zero-order valence-corrected chi connectivity index (χ0v) is 11.2. The van der Waals surface area contributed by atoms with Gasteiger partial charge in [0.05, 0.1) is 5.69 Å². The molecule has 19 heavy (non-hydrogen) atoms. The van der Waals surface area contributed by atoms with Crippen LogP contribution in [0.1, 0.15) is 54.1 Å². The van der Waals surface area contributed by atoms with Crippen molar-refractivity contribution >= 4 is 5.97 Å². The zero-order chi connectivity index (χ0) is 13.2. The van der Waals surface area contributed by atoms with E-state index in [1.165, 1.54) is 19.3 Å². The van der Waals surface area contributed by atoms with Gasteiger partial charge in [-0.05, 0) is 38.6 Å².